The van der Waals surface area contributed by atoms with Crippen molar-refractivity contribution in [1.29, 1.82) is 0 Å². The first kappa shape index (κ1) is 28.8. The highest BCUT2D eigenvalue weighted by Gasteiger charge is 2.84. The monoisotopic (exact) mass is 590 g/mol. The third kappa shape index (κ3) is 3.36. The molecule has 230 valence electrons. The van der Waals surface area contributed by atoms with Crippen LogP contribution >= 0.6 is 0 Å². The van der Waals surface area contributed by atoms with Crippen LogP contribution < -0.4 is 0 Å². The van der Waals surface area contributed by atoms with Crippen molar-refractivity contribution >= 4 is 23.7 Å². The van der Waals surface area contributed by atoms with Gasteiger partial charge in [-0.2, -0.15) is 0 Å². The Morgan fingerprint density at radius 3 is 2.56 bits per heavy atom. The van der Waals surface area contributed by atoms with Gasteiger partial charge in [-0.15, -0.1) is 0 Å². The number of hydrogen-bond acceptors (Lipinski definition) is 8. The van der Waals surface area contributed by atoms with Crippen molar-refractivity contribution in [3.63, 3.8) is 0 Å². The van der Waals surface area contributed by atoms with Gasteiger partial charge in [-0.05, 0) is 52.0 Å². The van der Waals surface area contributed by atoms with E-state index in [4.69, 9.17) is 14.2 Å². The van der Waals surface area contributed by atoms with Crippen LogP contribution in [0.15, 0.2) is 47.1 Å². The molecule has 11 atom stereocenters. The van der Waals surface area contributed by atoms with E-state index in [2.05, 4.69) is 12.7 Å². The van der Waals surface area contributed by atoms with Crippen LogP contribution in [0.25, 0.3) is 0 Å². The summed E-state index contributed by atoms with van der Waals surface area (Å²) in [6.45, 7) is 15.6. The second-order valence-electron chi connectivity index (χ2n) is 15.2. The second-order valence-corrected chi connectivity index (χ2v) is 15.2. The standard InChI is InChI=1S/C35H42O8/c1-16(2)12-23(37)41-22-14-18(4)24-21(36)13-17(3)25(24)28-26(22)35(31(39)43-28)15-34-11-10-32(35,6)29(34)27-20(8-9-33(34,7)40)19(5)30(38)42-27/h10-11,13,16,20,22,25-29,40H,5,8-9,12,14-15H2,1-4,6-7H3/t20-,22-,25-,26+,27-,28+,29-,32-,33+,34-,35?/m0/s1. The predicted octanol–water partition coefficient (Wildman–Crippen LogP) is 4.56. The molecule has 4 fully saturated rings. The van der Waals surface area contributed by atoms with Gasteiger partial charge in [-0.1, -0.05) is 50.6 Å². The van der Waals surface area contributed by atoms with Crippen molar-refractivity contribution in [3.8, 4) is 0 Å². The number of aliphatic hydroxyl groups is 1. The normalized spacial score (nSPS) is 47.6. The van der Waals surface area contributed by atoms with Gasteiger partial charge in [0.2, 0.25) is 0 Å². The van der Waals surface area contributed by atoms with Gasteiger partial charge in [0.05, 0.1) is 16.9 Å². The van der Waals surface area contributed by atoms with Crippen LogP contribution in [0.3, 0.4) is 0 Å². The average molecular weight is 591 g/mol. The van der Waals surface area contributed by atoms with Crippen molar-refractivity contribution in [1.82, 2.24) is 0 Å². The number of allylic oxidation sites excluding steroid dienone is 2. The molecule has 0 aromatic heterocycles. The van der Waals surface area contributed by atoms with Crippen LogP contribution in [0.4, 0.5) is 0 Å². The molecule has 2 saturated heterocycles. The number of esters is 3. The van der Waals surface area contributed by atoms with E-state index in [0.29, 0.717) is 30.4 Å². The molecule has 7 rings (SSSR count). The molecule has 0 radical (unpaired) electrons. The van der Waals surface area contributed by atoms with Gasteiger partial charge >= 0.3 is 17.9 Å². The summed E-state index contributed by atoms with van der Waals surface area (Å²) in [5.41, 5.74) is -1.47. The molecule has 5 aliphatic carbocycles. The first-order valence-electron chi connectivity index (χ1n) is 15.7. The van der Waals surface area contributed by atoms with Crippen molar-refractivity contribution in [2.45, 2.75) is 97.6 Å². The number of carbonyl (C=O) groups is 4. The summed E-state index contributed by atoms with van der Waals surface area (Å²) in [4.78, 5) is 54.1. The fourth-order valence-corrected chi connectivity index (χ4v) is 10.7. The van der Waals surface area contributed by atoms with Crippen molar-refractivity contribution in [3.05, 3.63) is 47.1 Å². The molecule has 1 N–H and O–H groups in total. The topological polar surface area (TPSA) is 116 Å². The lowest BCUT2D eigenvalue weighted by Gasteiger charge is -2.46. The summed E-state index contributed by atoms with van der Waals surface area (Å²) in [6.07, 6.45) is 5.52. The highest BCUT2D eigenvalue weighted by atomic mass is 16.6. The van der Waals surface area contributed by atoms with Crippen molar-refractivity contribution < 1.29 is 38.5 Å². The Morgan fingerprint density at radius 1 is 1.14 bits per heavy atom. The number of rotatable bonds is 3. The molecule has 2 aliphatic heterocycles. The zero-order chi connectivity index (χ0) is 31.0. The van der Waals surface area contributed by atoms with Crippen LogP contribution in [-0.4, -0.2) is 52.7 Å². The highest BCUT2D eigenvalue weighted by molar-refractivity contribution is 6.09. The van der Waals surface area contributed by atoms with E-state index in [-0.39, 0.29) is 36.4 Å². The van der Waals surface area contributed by atoms with Crippen LogP contribution in [0, 0.1) is 45.8 Å². The summed E-state index contributed by atoms with van der Waals surface area (Å²) >= 11 is 0. The molecule has 1 unspecified atom stereocenters. The number of carbonyl (C=O) groups excluding carboxylic acids is 4. The van der Waals surface area contributed by atoms with E-state index < -0.39 is 69.9 Å². The fourth-order valence-electron chi connectivity index (χ4n) is 10.7. The summed E-state index contributed by atoms with van der Waals surface area (Å²) < 4.78 is 18.8. The predicted molar refractivity (Wildman–Crippen MR) is 155 cm³/mol. The molecule has 0 aromatic rings. The third-order valence-electron chi connectivity index (χ3n) is 12.6. The summed E-state index contributed by atoms with van der Waals surface area (Å²) in [6, 6.07) is 0. The molecule has 43 heavy (non-hydrogen) atoms. The molecular formula is C35H42O8. The van der Waals surface area contributed by atoms with Crippen LogP contribution in [0.5, 0.6) is 0 Å². The molecule has 0 amide bonds. The molecule has 8 heteroatoms. The molecule has 1 spiro atoms. The zero-order valence-electron chi connectivity index (χ0n) is 25.9. The molecule has 2 saturated carbocycles. The third-order valence-corrected chi connectivity index (χ3v) is 12.6. The Bertz CT molecular complexity index is 1480. The van der Waals surface area contributed by atoms with Crippen LogP contribution in [0.1, 0.15) is 73.6 Å². The summed E-state index contributed by atoms with van der Waals surface area (Å²) in [5, 5.41) is 12.3. The summed E-state index contributed by atoms with van der Waals surface area (Å²) in [5.74, 6) is -2.87. The maximum absolute atomic E-state index is 14.7. The van der Waals surface area contributed by atoms with E-state index in [9.17, 15) is 24.3 Å². The number of ketones is 1. The number of hydrogen-bond donors (Lipinski definition) is 1. The molecule has 0 aromatic carbocycles. The maximum Gasteiger partial charge on any atom is 0.334 e. The Hall–Kier alpha value is -3.00. The first-order chi connectivity index (χ1) is 20.1. The largest absolute Gasteiger partial charge is 0.462 e. The Kier molecular flexibility index (Phi) is 5.88. The van der Waals surface area contributed by atoms with Crippen LogP contribution in [0.2, 0.25) is 0 Å². The lowest BCUT2D eigenvalue weighted by atomic mass is 9.54. The van der Waals surface area contributed by atoms with Gasteiger partial charge in [0.1, 0.15) is 18.3 Å². The highest BCUT2D eigenvalue weighted by Crippen LogP contribution is 2.80. The SMILES string of the molecule is C=C1C(=O)O[C@H]2[C@H]1CC[C@@](C)(O)[C@]13C=C[C@@](C)([C@H]21)C1(C3)C(=O)O[C@@H]2[C@H]3C(C)=CC(=O)C3=C(C)C[C@H](OC(=O)CC(C)C)[C@H]21. The molecule has 8 nitrogen and oxygen atoms in total. The number of fused-ring (bicyclic) bond motifs is 6. The molecule has 2 bridgehead atoms. The lowest BCUT2D eigenvalue weighted by molar-refractivity contribution is -0.162. The maximum atomic E-state index is 14.7. The average Bonchev–Trinajstić information content (AvgIpc) is 3.57. The molecule has 7 aliphatic rings. The summed E-state index contributed by atoms with van der Waals surface area (Å²) in [7, 11) is 0. The van der Waals surface area contributed by atoms with Gasteiger partial charge in [0, 0.05) is 52.6 Å². The molecule has 2 heterocycles. The lowest BCUT2D eigenvalue weighted by Crippen LogP contribution is -2.53. The Labute approximate surface area is 252 Å². The van der Waals surface area contributed by atoms with Gasteiger partial charge in [-0.25, -0.2) is 4.79 Å². The quantitative estimate of drug-likeness (QED) is 0.220. The van der Waals surface area contributed by atoms with E-state index in [1.54, 1.807) is 6.08 Å². The van der Waals surface area contributed by atoms with E-state index in [0.717, 1.165) is 11.1 Å². The van der Waals surface area contributed by atoms with E-state index in [1.165, 1.54) is 0 Å². The van der Waals surface area contributed by atoms with Crippen LogP contribution in [-0.2, 0) is 33.4 Å². The molecular weight excluding hydrogens is 548 g/mol. The minimum absolute atomic E-state index is 0.0840. The Morgan fingerprint density at radius 2 is 1.86 bits per heavy atom. The smallest absolute Gasteiger partial charge is 0.334 e. The minimum atomic E-state index is -1.21. The van der Waals surface area contributed by atoms with E-state index in [1.807, 2.05) is 47.6 Å². The van der Waals surface area contributed by atoms with Gasteiger partial charge in [0.15, 0.2) is 5.78 Å². The van der Waals surface area contributed by atoms with E-state index >= 15 is 0 Å². The Balaban J connectivity index is 1.42. The van der Waals surface area contributed by atoms with Gasteiger partial charge in [-0.3, -0.25) is 14.4 Å². The van der Waals surface area contributed by atoms with Crippen molar-refractivity contribution in [2.24, 2.45) is 45.8 Å². The second kappa shape index (κ2) is 8.80. The number of ether oxygens (including phenoxy) is 3. The minimum Gasteiger partial charge on any atom is -0.462 e. The first-order valence-corrected chi connectivity index (χ1v) is 15.7. The fraction of sp³-hybridized carbons (Fsp3) is 0.657. The van der Waals surface area contributed by atoms with Gasteiger partial charge < -0.3 is 19.3 Å². The van der Waals surface area contributed by atoms with Gasteiger partial charge in [0.25, 0.3) is 0 Å². The zero-order valence-corrected chi connectivity index (χ0v) is 25.9. The van der Waals surface area contributed by atoms with Crippen molar-refractivity contribution in [2.75, 3.05) is 0 Å².